The summed E-state index contributed by atoms with van der Waals surface area (Å²) >= 11 is 0. The third kappa shape index (κ3) is 1.34. The van der Waals surface area contributed by atoms with Gasteiger partial charge in [0.2, 0.25) is 0 Å². The largest absolute Gasteiger partial charge is 0.361 e. The number of anilines is 1. The Bertz CT molecular complexity index is 506. The summed E-state index contributed by atoms with van der Waals surface area (Å²) in [5.41, 5.74) is 1.55. The van der Waals surface area contributed by atoms with Crippen molar-refractivity contribution in [1.29, 1.82) is 5.26 Å². The van der Waals surface area contributed by atoms with Gasteiger partial charge in [-0.2, -0.15) is 5.26 Å². The summed E-state index contributed by atoms with van der Waals surface area (Å²) in [5, 5.41) is 12.2. The van der Waals surface area contributed by atoms with Gasteiger partial charge in [-0.3, -0.25) is 9.98 Å². The fourth-order valence-electron chi connectivity index (χ4n) is 2.72. The zero-order valence-corrected chi connectivity index (χ0v) is 9.43. The van der Waals surface area contributed by atoms with Crippen LogP contribution in [0.1, 0.15) is 5.56 Å². The van der Waals surface area contributed by atoms with Gasteiger partial charge in [0.15, 0.2) is 0 Å². The van der Waals surface area contributed by atoms with E-state index in [4.69, 9.17) is 5.26 Å². The zero-order valence-electron chi connectivity index (χ0n) is 9.43. The fourth-order valence-corrected chi connectivity index (χ4v) is 2.72. The number of nitrogens with one attached hydrogen (secondary N) is 1. The Kier molecular flexibility index (Phi) is 2.13. The molecule has 86 valence electrons. The standard InChI is InChI=1S/C12H13N5/c1-14-12-7-16-6-11(12)17(8-12)10-2-9(3-13)4-15-5-10/h2,4-5,11,16H,1,6-8H2/t11-,12+/m0/s1. The summed E-state index contributed by atoms with van der Waals surface area (Å²) in [6, 6.07) is 4.33. The first kappa shape index (κ1) is 10.2. The molecule has 1 aromatic heterocycles. The van der Waals surface area contributed by atoms with Gasteiger partial charge in [-0.1, -0.05) is 0 Å². The summed E-state index contributed by atoms with van der Waals surface area (Å²) in [7, 11) is 0. The van der Waals surface area contributed by atoms with Crippen LogP contribution in [-0.2, 0) is 0 Å². The van der Waals surface area contributed by atoms with E-state index in [0.717, 1.165) is 25.3 Å². The molecule has 0 spiro atoms. The lowest BCUT2D eigenvalue weighted by Crippen LogP contribution is -2.68. The lowest BCUT2D eigenvalue weighted by Gasteiger charge is -2.52. The topological polar surface area (TPSA) is 64.3 Å². The number of hydrogen-bond donors (Lipinski definition) is 1. The van der Waals surface area contributed by atoms with E-state index in [9.17, 15) is 0 Å². The predicted octanol–water partition coefficient (Wildman–Crippen LogP) is 0.184. The Morgan fingerprint density at radius 2 is 2.53 bits per heavy atom. The number of pyridine rings is 1. The number of aromatic nitrogens is 1. The van der Waals surface area contributed by atoms with E-state index in [1.165, 1.54) is 0 Å². The molecule has 0 aliphatic carbocycles. The molecule has 2 fully saturated rings. The monoisotopic (exact) mass is 227 g/mol. The van der Waals surface area contributed by atoms with Gasteiger partial charge in [-0.05, 0) is 12.8 Å². The smallest absolute Gasteiger partial charge is 0.111 e. The van der Waals surface area contributed by atoms with Crippen LogP contribution in [0.5, 0.6) is 0 Å². The molecule has 0 unspecified atom stereocenters. The van der Waals surface area contributed by atoms with Crippen LogP contribution in [-0.4, -0.2) is 42.9 Å². The summed E-state index contributed by atoms with van der Waals surface area (Å²) in [6.07, 6.45) is 3.38. The van der Waals surface area contributed by atoms with E-state index in [2.05, 4.69) is 33.0 Å². The van der Waals surface area contributed by atoms with Gasteiger partial charge >= 0.3 is 0 Å². The van der Waals surface area contributed by atoms with Crippen LogP contribution in [0.15, 0.2) is 23.5 Å². The van der Waals surface area contributed by atoms with E-state index in [1.54, 1.807) is 12.4 Å². The lowest BCUT2D eigenvalue weighted by molar-refractivity contribution is 0.302. The highest BCUT2D eigenvalue weighted by atomic mass is 15.4. The second kappa shape index (κ2) is 3.54. The highest BCUT2D eigenvalue weighted by molar-refractivity contribution is 5.56. The first-order valence-electron chi connectivity index (χ1n) is 5.59. The van der Waals surface area contributed by atoms with Crippen molar-refractivity contribution in [2.24, 2.45) is 4.99 Å². The van der Waals surface area contributed by atoms with Gasteiger partial charge in [0, 0.05) is 25.8 Å². The molecular formula is C12H13N5. The molecule has 0 bridgehead atoms. The van der Waals surface area contributed by atoms with Crippen LogP contribution in [0.3, 0.4) is 0 Å². The molecule has 0 saturated carbocycles. The number of nitrogens with zero attached hydrogens (tertiary/aromatic N) is 4. The van der Waals surface area contributed by atoms with Crippen LogP contribution >= 0.6 is 0 Å². The minimum atomic E-state index is -0.0390. The van der Waals surface area contributed by atoms with E-state index in [1.807, 2.05) is 6.07 Å². The molecule has 5 nitrogen and oxygen atoms in total. The van der Waals surface area contributed by atoms with Crippen molar-refractivity contribution < 1.29 is 0 Å². The lowest BCUT2D eigenvalue weighted by atomic mass is 9.83. The maximum Gasteiger partial charge on any atom is 0.111 e. The molecule has 1 N–H and O–H groups in total. The zero-order chi connectivity index (χ0) is 11.9. The quantitative estimate of drug-likeness (QED) is 0.732. The molecule has 2 saturated heterocycles. The molecule has 17 heavy (non-hydrogen) atoms. The summed E-state index contributed by atoms with van der Waals surface area (Å²) in [4.78, 5) is 10.6. The molecular weight excluding hydrogens is 214 g/mol. The van der Waals surface area contributed by atoms with Crippen molar-refractivity contribution in [3.63, 3.8) is 0 Å². The normalized spacial score (nSPS) is 30.3. The number of hydrogen-bond acceptors (Lipinski definition) is 5. The van der Waals surface area contributed by atoms with Crippen molar-refractivity contribution in [3.05, 3.63) is 24.0 Å². The molecule has 2 aliphatic heterocycles. The molecule has 2 aliphatic rings. The molecule has 3 heterocycles. The summed E-state index contributed by atoms with van der Waals surface area (Å²) in [6.45, 7) is 6.35. The van der Waals surface area contributed by atoms with Crippen LogP contribution in [0.25, 0.3) is 0 Å². The molecule has 0 amide bonds. The Morgan fingerprint density at radius 1 is 1.65 bits per heavy atom. The average molecular weight is 227 g/mol. The van der Waals surface area contributed by atoms with Gasteiger partial charge in [-0.15, -0.1) is 0 Å². The number of nitriles is 1. The Labute approximate surface area is 99.8 Å². The Morgan fingerprint density at radius 3 is 3.29 bits per heavy atom. The van der Waals surface area contributed by atoms with E-state index in [-0.39, 0.29) is 5.54 Å². The van der Waals surface area contributed by atoms with Crippen LogP contribution in [0.4, 0.5) is 5.69 Å². The maximum absolute atomic E-state index is 8.87. The summed E-state index contributed by atoms with van der Waals surface area (Å²) < 4.78 is 0. The van der Waals surface area contributed by atoms with Gasteiger partial charge < -0.3 is 10.2 Å². The van der Waals surface area contributed by atoms with Crippen LogP contribution < -0.4 is 10.2 Å². The van der Waals surface area contributed by atoms with Crippen molar-refractivity contribution >= 4 is 12.4 Å². The van der Waals surface area contributed by atoms with Crippen molar-refractivity contribution in [1.82, 2.24) is 10.3 Å². The maximum atomic E-state index is 8.87. The number of fused-ring (bicyclic) bond motifs is 1. The highest BCUT2D eigenvalue weighted by Crippen LogP contribution is 2.38. The van der Waals surface area contributed by atoms with E-state index >= 15 is 0 Å². The minimum Gasteiger partial charge on any atom is -0.361 e. The third-order valence-corrected chi connectivity index (χ3v) is 3.71. The van der Waals surface area contributed by atoms with E-state index < -0.39 is 0 Å². The molecule has 0 aromatic carbocycles. The third-order valence-electron chi connectivity index (χ3n) is 3.71. The first-order valence-corrected chi connectivity index (χ1v) is 5.59. The molecule has 2 atom stereocenters. The first-order chi connectivity index (χ1) is 8.29. The second-order valence-corrected chi connectivity index (χ2v) is 4.58. The molecule has 3 rings (SSSR count). The predicted molar refractivity (Wildman–Crippen MR) is 65.2 cm³/mol. The summed E-state index contributed by atoms with van der Waals surface area (Å²) in [5.74, 6) is 0. The second-order valence-electron chi connectivity index (χ2n) is 4.58. The average Bonchev–Trinajstić information content (AvgIpc) is 2.68. The molecule has 0 radical (unpaired) electrons. The van der Waals surface area contributed by atoms with Crippen molar-refractivity contribution in [3.8, 4) is 6.07 Å². The van der Waals surface area contributed by atoms with Gasteiger partial charge in [0.1, 0.15) is 11.6 Å². The van der Waals surface area contributed by atoms with Crippen LogP contribution in [0.2, 0.25) is 0 Å². The highest BCUT2D eigenvalue weighted by Gasteiger charge is 2.55. The number of rotatable bonds is 2. The van der Waals surface area contributed by atoms with E-state index in [0.29, 0.717) is 11.6 Å². The van der Waals surface area contributed by atoms with Crippen LogP contribution in [0, 0.1) is 11.3 Å². The minimum absolute atomic E-state index is 0.0390. The number of aliphatic imine (C=N–C) groups is 1. The van der Waals surface area contributed by atoms with Gasteiger partial charge in [-0.25, -0.2) is 0 Å². The van der Waals surface area contributed by atoms with Crippen molar-refractivity contribution in [2.75, 3.05) is 24.5 Å². The van der Waals surface area contributed by atoms with Crippen molar-refractivity contribution in [2.45, 2.75) is 11.6 Å². The van der Waals surface area contributed by atoms with Gasteiger partial charge in [0.05, 0.1) is 23.5 Å². The molecule has 1 aromatic rings. The fraction of sp³-hybridized carbons (Fsp3) is 0.417. The molecule has 5 heteroatoms. The Balaban J connectivity index is 1.88. The Hall–Kier alpha value is -1.93. The SMILES string of the molecule is C=N[C@@]12CNC[C@@H]1N(c1cncc(C#N)c1)C2. The van der Waals surface area contributed by atoms with Gasteiger partial charge in [0.25, 0.3) is 0 Å².